The van der Waals surface area contributed by atoms with E-state index in [0.29, 0.717) is 5.75 Å². The van der Waals surface area contributed by atoms with Crippen LogP contribution in [-0.2, 0) is 29.1 Å². The van der Waals surface area contributed by atoms with Crippen LogP contribution in [0.1, 0.15) is 34.0 Å². The lowest BCUT2D eigenvalue weighted by atomic mass is 10.1. The van der Waals surface area contributed by atoms with Crippen LogP contribution in [0.25, 0.3) is 0 Å². The number of benzene rings is 3. The summed E-state index contributed by atoms with van der Waals surface area (Å²) in [6, 6.07) is 21.7. The normalized spacial score (nSPS) is 10.2. The van der Waals surface area contributed by atoms with Gasteiger partial charge in [0.1, 0.15) is 5.75 Å². The number of methoxy groups -OCH3 is 1. The van der Waals surface area contributed by atoms with Gasteiger partial charge in [0.15, 0.2) is 0 Å². The first-order chi connectivity index (χ1) is 16.0. The van der Waals surface area contributed by atoms with Crippen molar-refractivity contribution in [2.24, 2.45) is 0 Å². The van der Waals surface area contributed by atoms with Crippen LogP contribution in [0.4, 0.5) is 5.69 Å². The average molecular weight is 446 g/mol. The summed E-state index contributed by atoms with van der Waals surface area (Å²) in [6.07, 6.45) is 0.931. The van der Waals surface area contributed by atoms with Crippen molar-refractivity contribution in [3.05, 3.63) is 95.1 Å². The molecule has 0 aliphatic rings. The molecule has 0 bridgehead atoms. The number of ether oxygens (including phenoxy) is 1. The molecule has 0 aliphatic carbocycles. The molecular formula is C26H27N3O4. The van der Waals surface area contributed by atoms with Gasteiger partial charge < -0.3 is 20.7 Å². The molecule has 3 aromatic rings. The maximum atomic E-state index is 12.7. The van der Waals surface area contributed by atoms with E-state index in [1.807, 2.05) is 48.5 Å². The van der Waals surface area contributed by atoms with Gasteiger partial charge >= 0.3 is 11.8 Å². The molecule has 3 N–H and O–H groups in total. The predicted molar refractivity (Wildman–Crippen MR) is 127 cm³/mol. The van der Waals surface area contributed by atoms with E-state index in [2.05, 4.69) is 22.9 Å². The van der Waals surface area contributed by atoms with Crippen LogP contribution in [0.15, 0.2) is 72.8 Å². The zero-order valence-corrected chi connectivity index (χ0v) is 18.7. The number of para-hydroxylation sites is 2. The van der Waals surface area contributed by atoms with E-state index in [4.69, 9.17) is 4.74 Å². The van der Waals surface area contributed by atoms with E-state index in [1.165, 1.54) is 5.56 Å². The summed E-state index contributed by atoms with van der Waals surface area (Å²) in [5.41, 5.74) is 3.42. The fraction of sp³-hybridized carbons (Fsp3) is 0.192. The molecule has 3 rings (SSSR count). The maximum absolute atomic E-state index is 12.7. The van der Waals surface area contributed by atoms with Gasteiger partial charge in [-0.05, 0) is 35.7 Å². The molecule has 0 heterocycles. The van der Waals surface area contributed by atoms with Crippen LogP contribution in [0.2, 0.25) is 0 Å². The van der Waals surface area contributed by atoms with Gasteiger partial charge in [0.05, 0.1) is 18.4 Å². The van der Waals surface area contributed by atoms with E-state index in [0.717, 1.165) is 17.5 Å². The number of amides is 3. The Labute approximate surface area is 193 Å². The monoisotopic (exact) mass is 445 g/mol. The second-order valence-electron chi connectivity index (χ2n) is 7.35. The predicted octanol–water partition coefficient (Wildman–Crippen LogP) is 3.44. The lowest BCUT2D eigenvalue weighted by molar-refractivity contribution is -0.136. The first-order valence-corrected chi connectivity index (χ1v) is 10.7. The number of carbonyl (C=O) groups is 3. The van der Waals surface area contributed by atoms with Gasteiger partial charge in [-0.1, -0.05) is 61.5 Å². The van der Waals surface area contributed by atoms with Gasteiger partial charge in [-0.3, -0.25) is 14.4 Å². The number of nitrogens with one attached hydrogen (secondary N) is 3. The van der Waals surface area contributed by atoms with Gasteiger partial charge in [-0.2, -0.15) is 0 Å². The molecule has 33 heavy (non-hydrogen) atoms. The largest absolute Gasteiger partial charge is 0.496 e. The second-order valence-corrected chi connectivity index (χ2v) is 7.35. The van der Waals surface area contributed by atoms with Crippen molar-refractivity contribution in [1.29, 1.82) is 0 Å². The summed E-state index contributed by atoms with van der Waals surface area (Å²) in [5, 5.41) is 7.95. The topological polar surface area (TPSA) is 96.5 Å². The van der Waals surface area contributed by atoms with Gasteiger partial charge in [0.2, 0.25) is 0 Å². The number of carbonyl (C=O) groups excluding carboxylic acids is 3. The molecule has 0 aromatic heterocycles. The maximum Gasteiger partial charge on any atom is 0.313 e. The SMILES string of the molecule is CCc1ccc(CNC(=O)C(=O)Nc2ccccc2C(=O)NCc2ccccc2OC)cc1. The first kappa shape index (κ1) is 23.5. The Kier molecular flexibility index (Phi) is 8.18. The molecule has 0 spiro atoms. The number of rotatable bonds is 8. The molecule has 7 nitrogen and oxygen atoms in total. The highest BCUT2D eigenvalue weighted by atomic mass is 16.5. The van der Waals surface area contributed by atoms with Crippen LogP contribution in [0.3, 0.4) is 0 Å². The van der Waals surface area contributed by atoms with E-state index in [-0.39, 0.29) is 30.2 Å². The van der Waals surface area contributed by atoms with Crippen molar-refractivity contribution in [1.82, 2.24) is 10.6 Å². The minimum atomic E-state index is -0.842. The zero-order valence-electron chi connectivity index (χ0n) is 18.7. The third-order valence-corrected chi connectivity index (χ3v) is 5.14. The van der Waals surface area contributed by atoms with Crippen molar-refractivity contribution < 1.29 is 19.1 Å². The molecule has 0 radical (unpaired) electrons. The Bertz CT molecular complexity index is 1130. The molecule has 0 aliphatic heterocycles. The fourth-order valence-electron chi connectivity index (χ4n) is 3.24. The van der Waals surface area contributed by atoms with Gasteiger partial charge in [0, 0.05) is 18.7 Å². The van der Waals surface area contributed by atoms with Crippen molar-refractivity contribution in [2.45, 2.75) is 26.4 Å². The van der Waals surface area contributed by atoms with Crippen molar-refractivity contribution in [2.75, 3.05) is 12.4 Å². The Hall–Kier alpha value is -4.13. The summed E-state index contributed by atoms with van der Waals surface area (Å²) in [4.78, 5) is 37.4. The van der Waals surface area contributed by atoms with E-state index >= 15 is 0 Å². The highest BCUT2D eigenvalue weighted by molar-refractivity contribution is 6.40. The molecule has 0 saturated carbocycles. The van der Waals surface area contributed by atoms with Gasteiger partial charge in [-0.15, -0.1) is 0 Å². The Morgan fingerprint density at radius 1 is 0.758 bits per heavy atom. The minimum Gasteiger partial charge on any atom is -0.496 e. The van der Waals surface area contributed by atoms with Crippen molar-refractivity contribution >= 4 is 23.4 Å². The third kappa shape index (κ3) is 6.43. The van der Waals surface area contributed by atoms with Gasteiger partial charge in [-0.25, -0.2) is 0 Å². The van der Waals surface area contributed by atoms with Crippen LogP contribution in [0, 0.1) is 0 Å². The van der Waals surface area contributed by atoms with E-state index < -0.39 is 11.8 Å². The summed E-state index contributed by atoms with van der Waals surface area (Å²) in [6.45, 7) is 2.55. The molecule has 170 valence electrons. The zero-order chi connectivity index (χ0) is 23.6. The molecule has 0 atom stereocenters. The quantitative estimate of drug-likeness (QED) is 0.463. The highest BCUT2D eigenvalue weighted by Crippen LogP contribution is 2.18. The Balaban J connectivity index is 1.59. The van der Waals surface area contributed by atoms with Crippen LogP contribution in [0.5, 0.6) is 5.75 Å². The summed E-state index contributed by atoms with van der Waals surface area (Å²) in [7, 11) is 1.57. The molecular weight excluding hydrogens is 418 g/mol. The number of anilines is 1. The molecule has 3 aromatic carbocycles. The molecule has 3 amide bonds. The summed E-state index contributed by atoms with van der Waals surface area (Å²) < 4.78 is 5.30. The Morgan fingerprint density at radius 3 is 2.15 bits per heavy atom. The number of hydrogen-bond acceptors (Lipinski definition) is 4. The third-order valence-electron chi connectivity index (χ3n) is 5.14. The lowest BCUT2D eigenvalue weighted by Gasteiger charge is -2.13. The van der Waals surface area contributed by atoms with Crippen LogP contribution >= 0.6 is 0 Å². The molecule has 0 saturated heterocycles. The minimum absolute atomic E-state index is 0.233. The molecule has 7 heteroatoms. The van der Waals surface area contributed by atoms with Crippen LogP contribution in [-0.4, -0.2) is 24.8 Å². The molecule has 0 fully saturated rings. The van der Waals surface area contributed by atoms with Crippen molar-refractivity contribution in [3.63, 3.8) is 0 Å². The van der Waals surface area contributed by atoms with Crippen molar-refractivity contribution in [3.8, 4) is 5.75 Å². The van der Waals surface area contributed by atoms with Crippen LogP contribution < -0.4 is 20.7 Å². The number of aryl methyl sites for hydroxylation is 1. The fourth-order valence-corrected chi connectivity index (χ4v) is 3.24. The van der Waals surface area contributed by atoms with E-state index in [1.54, 1.807) is 31.4 Å². The standard InChI is InChI=1S/C26H27N3O4/c1-3-18-12-14-19(15-13-18)16-27-25(31)26(32)29-22-10-6-5-9-21(22)24(30)28-17-20-8-4-7-11-23(20)33-2/h4-15H,3,16-17H2,1-2H3,(H,27,31)(H,28,30)(H,29,32). The van der Waals surface area contributed by atoms with Gasteiger partial charge in [0.25, 0.3) is 5.91 Å². The summed E-state index contributed by atoms with van der Waals surface area (Å²) >= 11 is 0. The smallest absolute Gasteiger partial charge is 0.313 e. The molecule has 0 unspecified atom stereocenters. The first-order valence-electron chi connectivity index (χ1n) is 10.7. The van der Waals surface area contributed by atoms with E-state index in [9.17, 15) is 14.4 Å². The highest BCUT2D eigenvalue weighted by Gasteiger charge is 2.18. The summed E-state index contributed by atoms with van der Waals surface area (Å²) in [5.74, 6) is -1.34. The average Bonchev–Trinajstić information content (AvgIpc) is 2.86. The Morgan fingerprint density at radius 2 is 1.42 bits per heavy atom. The number of hydrogen-bond donors (Lipinski definition) is 3. The lowest BCUT2D eigenvalue weighted by Crippen LogP contribution is -2.35. The second kappa shape index (κ2) is 11.5.